The Labute approximate surface area is 178 Å². The summed E-state index contributed by atoms with van der Waals surface area (Å²) in [5.74, 6) is -2.75. The lowest BCUT2D eigenvalue weighted by molar-refractivity contribution is -0.131. The van der Waals surface area contributed by atoms with Crippen LogP contribution in [-0.4, -0.2) is 38.1 Å². The van der Waals surface area contributed by atoms with Gasteiger partial charge in [0, 0.05) is 6.54 Å². The first kappa shape index (κ1) is 22.4. The van der Waals surface area contributed by atoms with E-state index < -0.39 is 38.5 Å². The summed E-state index contributed by atoms with van der Waals surface area (Å²) in [5.41, 5.74) is 12.1. The minimum absolute atomic E-state index is 0.0422. The van der Waals surface area contributed by atoms with Crippen molar-refractivity contribution < 1.29 is 33.4 Å². The molecule has 0 radical (unpaired) electrons. The molecule has 0 saturated carbocycles. The number of nitrogens with one attached hydrogen (secondary N) is 2. The lowest BCUT2D eigenvalue weighted by Gasteiger charge is -2.17. The van der Waals surface area contributed by atoms with Gasteiger partial charge >= 0.3 is 0 Å². The largest absolute Gasteiger partial charge is 0.454 e. The maximum absolute atomic E-state index is 14.4. The van der Waals surface area contributed by atoms with Gasteiger partial charge in [-0.15, -0.1) is 0 Å². The van der Waals surface area contributed by atoms with E-state index in [1.54, 1.807) is 5.48 Å². The van der Waals surface area contributed by atoms with Gasteiger partial charge in [0.2, 0.25) is 11.5 Å². The van der Waals surface area contributed by atoms with Gasteiger partial charge in [-0.1, -0.05) is 0 Å². The summed E-state index contributed by atoms with van der Waals surface area (Å²) in [7, 11) is -4.35. The van der Waals surface area contributed by atoms with Crippen LogP contribution in [0.3, 0.4) is 0 Å². The molecule has 1 amide bonds. The minimum atomic E-state index is -4.35. The summed E-state index contributed by atoms with van der Waals surface area (Å²) in [6.07, 6.45) is 0.175. The van der Waals surface area contributed by atoms with Crippen molar-refractivity contribution in [1.82, 2.24) is 10.2 Å². The first-order valence-corrected chi connectivity index (χ1v) is 10.3. The molecule has 0 fully saturated rings. The number of carbonyl (C=O) groups is 1. The van der Waals surface area contributed by atoms with Crippen LogP contribution in [0.4, 0.5) is 8.78 Å². The fourth-order valence-corrected chi connectivity index (χ4v) is 3.68. The zero-order valence-corrected chi connectivity index (χ0v) is 16.9. The quantitative estimate of drug-likeness (QED) is 0.110. The average molecular weight is 458 g/mol. The van der Waals surface area contributed by atoms with Gasteiger partial charge in [-0.2, -0.15) is 4.72 Å². The standard InChI is InChI=1S/C18H21F2N5O5S/c19-11-3-5-12(6-4-11)30-16-8-7-13(10-14(16)20)31(28,29)25-15(17(26)24-27)2-1-9-23-18(21)22/h3-8,10,15,25,27H,1-2,9H2,(H,24,26)(H4,21,22,23)/t15-/m0/s1/i/hD. The molecule has 2 aromatic rings. The highest BCUT2D eigenvalue weighted by Crippen LogP contribution is 2.26. The van der Waals surface area contributed by atoms with E-state index in [9.17, 15) is 22.0 Å². The predicted molar refractivity (Wildman–Crippen MR) is 107 cm³/mol. The summed E-state index contributed by atoms with van der Waals surface area (Å²) < 4.78 is 66.7. The van der Waals surface area contributed by atoms with Gasteiger partial charge in [0.05, 0.1) is 4.90 Å². The maximum atomic E-state index is 14.4. The van der Waals surface area contributed by atoms with Crippen LogP contribution in [0.1, 0.15) is 12.8 Å². The Morgan fingerprint density at radius 2 is 1.94 bits per heavy atom. The lowest BCUT2D eigenvalue weighted by atomic mass is 10.1. The molecule has 13 heteroatoms. The van der Waals surface area contributed by atoms with Crippen LogP contribution in [0.2, 0.25) is 1.43 Å². The van der Waals surface area contributed by atoms with Gasteiger partial charge in [-0.25, -0.2) is 22.7 Å². The van der Waals surface area contributed by atoms with Crippen LogP contribution in [0.15, 0.2) is 52.4 Å². The Morgan fingerprint density at radius 1 is 1.23 bits per heavy atom. The van der Waals surface area contributed by atoms with Crippen molar-refractivity contribution in [3.05, 3.63) is 54.1 Å². The maximum Gasteiger partial charge on any atom is 0.261 e. The minimum Gasteiger partial charge on any atom is -0.454 e. The number of ether oxygens (including phenoxy) is 1. The number of aliphatic imine (C=N–C) groups is 1. The van der Waals surface area contributed by atoms with Crippen LogP contribution in [0.5, 0.6) is 11.5 Å². The molecule has 168 valence electrons. The smallest absolute Gasteiger partial charge is 0.261 e. The number of nitrogens with zero attached hydrogens (tertiary/aromatic N) is 1. The predicted octanol–water partition coefficient (Wildman–Crippen LogP) is 0.963. The Bertz CT molecular complexity index is 1070. The Kier molecular flexibility index (Phi) is 7.70. The third kappa shape index (κ3) is 7.16. The zero-order valence-electron chi connectivity index (χ0n) is 17.0. The highest BCUT2D eigenvalue weighted by Gasteiger charge is 2.26. The van der Waals surface area contributed by atoms with Crippen molar-refractivity contribution >= 4 is 21.9 Å². The molecule has 0 heterocycles. The molecular formula is C18H21F2N5O5S. The normalized spacial score (nSPS) is 12.5. The summed E-state index contributed by atoms with van der Waals surface area (Å²) >= 11 is 0. The number of guanidine groups is 1. The van der Waals surface area contributed by atoms with Gasteiger partial charge in [0.1, 0.15) is 17.6 Å². The number of benzene rings is 2. The first-order valence-electron chi connectivity index (χ1n) is 9.26. The topological polar surface area (TPSA) is 169 Å². The van der Waals surface area contributed by atoms with E-state index in [0.717, 1.165) is 24.3 Å². The summed E-state index contributed by atoms with van der Waals surface area (Å²) in [4.78, 5) is 15.3. The van der Waals surface area contributed by atoms with Crippen molar-refractivity contribution in [3.63, 3.8) is 0 Å². The summed E-state index contributed by atoms with van der Waals surface area (Å²) in [5, 5.41) is 3.80. The molecule has 2 aromatic carbocycles. The number of carbonyl (C=O) groups excluding carboxylic acids is 1. The first-order chi connectivity index (χ1) is 15.1. The number of nitrogens with two attached hydrogens (primary N) is 2. The number of rotatable bonds is 11. The van der Waals surface area contributed by atoms with Gasteiger partial charge in [-0.05, 0) is 55.3 Å². The van der Waals surface area contributed by atoms with Crippen LogP contribution in [0, 0.1) is 11.6 Å². The van der Waals surface area contributed by atoms with Gasteiger partial charge in [0.15, 0.2) is 17.5 Å². The molecule has 0 aliphatic carbocycles. The zero-order chi connectivity index (χ0) is 23.7. The monoisotopic (exact) mass is 458 g/mol. The van der Waals surface area contributed by atoms with Gasteiger partial charge in [0.25, 0.3) is 5.91 Å². The van der Waals surface area contributed by atoms with E-state index in [1.165, 1.54) is 12.1 Å². The second-order valence-electron chi connectivity index (χ2n) is 6.24. The molecule has 0 aliphatic heterocycles. The highest BCUT2D eigenvalue weighted by molar-refractivity contribution is 7.89. The molecule has 31 heavy (non-hydrogen) atoms. The highest BCUT2D eigenvalue weighted by atomic mass is 32.2. The molecule has 0 aliphatic rings. The summed E-state index contributed by atoms with van der Waals surface area (Å²) in [6.45, 7) is 0.125. The Balaban J connectivity index is 2.16. The molecule has 2 rings (SSSR count). The van der Waals surface area contributed by atoms with Crippen LogP contribution < -0.4 is 26.4 Å². The third-order valence-corrected chi connectivity index (χ3v) is 5.38. The van der Waals surface area contributed by atoms with Crippen molar-refractivity contribution in [3.8, 4) is 11.5 Å². The van der Waals surface area contributed by atoms with Crippen LogP contribution in [-0.2, 0) is 14.8 Å². The Hall–Kier alpha value is -3.29. The molecule has 0 bridgehead atoms. The number of hydrogen-bond acceptors (Lipinski definition) is 6. The van der Waals surface area contributed by atoms with Crippen LogP contribution >= 0.6 is 0 Å². The van der Waals surface area contributed by atoms with Crippen molar-refractivity contribution in [2.24, 2.45) is 16.5 Å². The molecule has 0 aromatic heterocycles. The fraction of sp³-hybridized carbons (Fsp3) is 0.222. The SMILES string of the molecule is [2H]ONC(=O)[C@H](CCCN=C(N)N)NS(=O)(=O)c1ccc(Oc2ccc(F)cc2)c(F)c1. The van der Waals surface area contributed by atoms with Crippen molar-refractivity contribution in [1.29, 1.82) is 0 Å². The molecule has 0 saturated heterocycles. The molecular weight excluding hydrogens is 436 g/mol. The van der Waals surface area contributed by atoms with Crippen LogP contribution in [0.25, 0.3) is 0 Å². The third-order valence-electron chi connectivity index (χ3n) is 3.91. The molecule has 1 atom stereocenters. The van der Waals surface area contributed by atoms with Crippen molar-refractivity contribution in [2.75, 3.05) is 6.54 Å². The lowest BCUT2D eigenvalue weighted by Crippen LogP contribution is -2.45. The van der Waals surface area contributed by atoms with E-state index in [1.807, 2.05) is 0 Å². The van der Waals surface area contributed by atoms with Gasteiger partial charge < -0.3 is 16.2 Å². The van der Waals surface area contributed by atoms with E-state index in [-0.39, 0.29) is 36.8 Å². The van der Waals surface area contributed by atoms with Gasteiger partial charge in [-0.3, -0.25) is 15.0 Å². The number of halogens is 2. The van der Waals surface area contributed by atoms with E-state index in [0.29, 0.717) is 6.07 Å². The second kappa shape index (κ2) is 10.7. The molecule has 7 N–H and O–H groups in total. The Morgan fingerprint density at radius 3 is 2.55 bits per heavy atom. The number of amides is 1. The van der Waals surface area contributed by atoms with Crippen molar-refractivity contribution in [2.45, 2.75) is 23.8 Å². The molecule has 10 nitrogen and oxygen atoms in total. The fourth-order valence-electron chi connectivity index (χ4n) is 2.43. The number of sulfonamides is 1. The van der Waals surface area contributed by atoms with E-state index in [2.05, 4.69) is 14.9 Å². The molecule has 0 unspecified atom stereocenters. The van der Waals surface area contributed by atoms with E-state index >= 15 is 0 Å². The number of hydroxylamine groups is 1. The second-order valence-corrected chi connectivity index (χ2v) is 7.95. The molecule has 0 spiro atoms. The summed E-state index contributed by atoms with van der Waals surface area (Å²) in [6, 6.07) is 6.30. The number of hydrogen-bond donors (Lipinski definition) is 5. The average Bonchev–Trinajstić information content (AvgIpc) is 2.73. The van der Waals surface area contributed by atoms with E-state index in [4.69, 9.17) is 17.6 Å².